The van der Waals surface area contributed by atoms with Gasteiger partial charge in [-0.25, -0.2) is 4.84 Å². The summed E-state index contributed by atoms with van der Waals surface area (Å²) >= 11 is 0. The van der Waals surface area contributed by atoms with E-state index in [1.807, 2.05) is 14.1 Å². The first kappa shape index (κ1) is 9.59. The Morgan fingerprint density at radius 3 is 2.50 bits per heavy atom. The summed E-state index contributed by atoms with van der Waals surface area (Å²) in [6, 6.07) is 0. The van der Waals surface area contributed by atoms with Gasteiger partial charge in [-0.1, -0.05) is 0 Å². The number of hydroxylamine groups is 3. The molecule has 3 heteroatoms. The van der Waals surface area contributed by atoms with Gasteiger partial charge < -0.3 is 4.79 Å². The predicted octanol–water partition coefficient (Wildman–Crippen LogP) is 0.603. The zero-order valence-electron chi connectivity index (χ0n) is 6.96. The van der Waals surface area contributed by atoms with E-state index in [9.17, 15) is 4.79 Å². The molecule has 0 rings (SSSR count). The molecular weight excluding hydrogens is 130 g/mol. The third-order valence-corrected chi connectivity index (χ3v) is 1.51. The standard InChI is InChI=1S/C7H16NO2/c1-8(2,10-3)6-4-5-7-9/h7H,4-6H2,1-3H3/q+1. The van der Waals surface area contributed by atoms with Gasteiger partial charge in [-0.15, -0.1) is 0 Å². The molecule has 3 nitrogen and oxygen atoms in total. The summed E-state index contributed by atoms with van der Waals surface area (Å²) in [6.45, 7) is 0.884. The highest BCUT2D eigenvalue weighted by Crippen LogP contribution is 1.99. The fourth-order valence-corrected chi connectivity index (χ4v) is 0.647. The van der Waals surface area contributed by atoms with Crippen molar-refractivity contribution < 1.29 is 14.3 Å². The van der Waals surface area contributed by atoms with Crippen molar-refractivity contribution in [1.29, 1.82) is 0 Å². The van der Waals surface area contributed by atoms with Gasteiger partial charge in [0.1, 0.15) is 12.8 Å². The smallest absolute Gasteiger partial charge is 0.120 e. The normalized spacial score (nSPS) is 11.5. The molecule has 0 saturated heterocycles. The van der Waals surface area contributed by atoms with Crippen molar-refractivity contribution in [3.63, 3.8) is 0 Å². The SMILES string of the molecule is CO[N+](C)(C)CCCC=O. The number of carbonyl (C=O) groups is 1. The molecule has 0 fully saturated rings. The first-order valence-corrected chi connectivity index (χ1v) is 3.45. The summed E-state index contributed by atoms with van der Waals surface area (Å²) in [5.41, 5.74) is 0. The lowest BCUT2D eigenvalue weighted by atomic mass is 10.3. The molecule has 0 N–H and O–H groups in total. The summed E-state index contributed by atoms with van der Waals surface area (Å²) in [5, 5.41) is 0. The van der Waals surface area contributed by atoms with Crippen LogP contribution in [0.5, 0.6) is 0 Å². The monoisotopic (exact) mass is 146 g/mol. The van der Waals surface area contributed by atoms with Gasteiger partial charge in [0.25, 0.3) is 0 Å². The lowest BCUT2D eigenvalue weighted by Crippen LogP contribution is -2.38. The van der Waals surface area contributed by atoms with Crippen LogP contribution < -0.4 is 0 Å². The summed E-state index contributed by atoms with van der Waals surface area (Å²) in [7, 11) is 5.59. The maximum atomic E-state index is 9.93. The number of nitrogens with zero attached hydrogens (tertiary/aromatic N) is 1. The van der Waals surface area contributed by atoms with Gasteiger partial charge in [-0.2, -0.15) is 4.65 Å². The number of carbonyl (C=O) groups excluding carboxylic acids is 1. The van der Waals surface area contributed by atoms with E-state index in [1.165, 1.54) is 0 Å². The van der Waals surface area contributed by atoms with Crippen molar-refractivity contribution in [2.45, 2.75) is 12.8 Å². The Labute approximate surface area is 62.1 Å². The summed E-state index contributed by atoms with van der Waals surface area (Å²) in [5.74, 6) is 0. The third kappa shape index (κ3) is 4.47. The molecule has 0 aliphatic heterocycles. The maximum Gasteiger partial charge on any atom is 0.120 e. The Morgan fingerprint density at radius 1 is 1.50 bits per heavy atom. The highest BCUT2D eigenvalue weighted by atomic mass is 16.7. The molecule has 0 aromatic heterocycles. The molecule has 0 aliphatic rings. The quantitative estimate of drug-likeness (QED) is 0.246. The van der Waals surface area contributed by atoms with Gasteiger partial charge >= 0.3 is 0 Å². The van der Waals surface area contributed by atoms with Crippen LogP contribution in [0.2, 0.25) is 0 Å². The molecule has 0 aromatic carbocycles. The Kier molecular flexibility index (Phi) is 4.23. The topological polar surface area (TPSA) is 26.3 Å². The number of hydrogen-bond donors (Lipinski definition) is 0. The van der Waals surface area contributed by atoms with Gasteiger partial charge in [-0.05, 0) is 0 Å². The molecule has 0 saturated carbocycles. The molecule has 60 valence electrons. The third-order valence-electron chi connectivity index (χ3n) is 1.51. The molecule has 0 radical (unpaired) electrons. The zero-order chi connectivity index (χ0) is 8.04. The van der Waals surface area contributed by atoms with Crippen molar-refractivity contribution in [3.8, 4) is 0 Å². The van der Waals surface area contributed by atoms with Gasteiger partial charge in [0.05, 0.1) is 21.2 Å². The average molecular weight is 146 g/mol. The second-order valence-corrected chi connectivity index (χ2v) is 2.79. The van der Waals surface area contributed by atoms with Gasteiger partial charge in [-0.3, -0.25) is 0 Å². The van der Waals surface area contributed by atoms with E-state index in [0.717, 1.165) is 19.3 Å². The summed E-state index contributed by atoms with van der Waals surface area (Å²) < 4.78 is 0.522. The van der Waals surface area contributed by atoms with Gasteiger partial charge in [0.2, 0.25) is 0 Å². The van der Waals surface area contributed by atoms with Crippen LogP contribution in [0.25, 0.3) is 0 Å². The predicted molar refractivity (Wildman–Crippen MR) is 39.3 cm³/mol. The van der Waals surface area contributed by atoms with Crippen LogP contribution >= 0.6 is 0 Å². The van der Waals surface area contributed by atoms with Crippen LogP contribution in [0.1, 0.15) is 12.8 Å². The van der Waals surface area contributed by atoms with Crippen LogP contribution in [-0.4, -0.2) is 38.7 Å². The zero-order valence-corrected chi connectivity index (χ0v) is 6.96. The fourth-order valence-electron chi connectivity index (χ4n) is 0.647. The van der Waals surface area contributed by atoms with E-state index in [4.69, 9.17) is 4.84 Å². The van der Waals surface area contributed by atoms with Crippen molar-refractivity contribution in [2.75, 3.05) is 27.7 Å². The Hall–Kier alpha value is -0.410. The first-order chi connectivity index (χ1) is 4.62. The van der Waals surface area contributed by atoms with E-state index in [2.05, 4.69) is 0 Å². The molecule has 0 atom stereocenters. The summed E-state index contributed by atoms with van der Waals surface area (Å²) in [4.78, 5) is 15.0. The van der Waals surface area contributed by atoms with Crippen LogP contribution in [0, 0.1) is 0 Å². The largest absolute Gasteiger partial charge is 0.303 e. The molecule has 0 amide bonds. The van der Waals surface area contributed by atoms with E-state index in [0.29, 0.717) is 11.1 Å². The van der Waals surface area contributed by atoms with Crippen LogP contribution in [-0.2, 0) is 9.63 Å². The van der Waals surface area contributed by atoms with Gasteiger partial charge in [0, 0.05) is 12.8 Å². The van der Waals surface area contributed by atoms with Gasteiger partial charge in [0.15, 0.2) is 0 Å². The fraction of sp³-hybridized carbons (Fsp3) is 0.857. The van der Waals surface area contributed by atoms with Crippen molar-refractivity contribution >= 4 is 6.29 Å². The number of hydrogen-bond acceptors (Lipinski definition) is 2. The number of quaternary nitrogens is 1. The van der Waals surface area contributed by atoms with Crippen LogP contribution in [0.4, 0.5) is 0 Å². The molecule has 0 aliphatic carbocycles. The van der Waals surface area contributed by atoms with Crippen molar-refractivity contribution in [3.05, 3.63) is 0 Å². The Bertz CT molecular complexity index is 102. The highest BCUT2D eigenvalue weighted by molar-refractivity contribution is 5.48. The molecule has 0 spiro atoms. The Morgan fingerprint density at radius 2 is 2.10 bits per heavy atom. The molecule has 10 heavy (non-hydrogen) atoms. The van der Waals surface area contributed by atoms with E-state index < -0.39 is 0 Å². The summed E-state index contributed by atoms with van der Waals surface area (Å²) in [6.07, 6.45) is 2.46. The lowest BCUT2D eigenvalue weighted by molar-refractivity contribution is -1.07. The minimum atomic E-state index is 0.522. The Balaban J connectivity index is 3.36. The minimum Gasteiger partial charge on any atom is -0.303 e. The second-order valence-electron chi connectivity index (χ2n) is 2.79. The number of unbranched alkanes of at least 4 members (excludes halogenated alkanes) is 1. The number of aldehydes is 1. The van der Waals surface area contributed by atoms with Crippen LogP contribution in [0.3, 0.4) is 0 Å². The van der Waals surface area contributed by atoms with Crippen molar-refractivity contribution in [1.82, 2.24) is 0 Å². The van der Waals surface area contributed by atoms with E-state index >= 15 is 0 Å². The van der Waals surface area contributed by atoms with Crippen LogP contribution in [0.15, 0.2) is 0 Å². The molecule has 0 heterocycles. The van der Waals surface area contributed by atoms with E-state index in [1.54, 1.807) is 7.11 Å². The highest BCUT2D eigenvalue weighted by Gasteiger charge is 2.12. The minimum absolute atomic E-state index is 0.522. The second kappa shape index (κ2) is 4.41. The first-order valence-electron chi connectivity index (χ1n) is 3.45. The van der Waals surface area contributed by atoms with Crippen molar-refractivity contribution in [2.24, 2.45) is 0 Å². The molecule has 0 unspecified atom stereocenters. The molecule has 0 aromatic rings. The maximum absolute atomic E-state index is 9.93. The molecule has 0 bridgehead atoms. The lowest BCUT2D eigenvalue weighted by Gasteiger charge is -2.24. The average Bonchev–Trinajstić information content (AvgIpc) is 1.89. The van der Waals surface area contributed by atoms with E-state index in [-0.39, 0.29) is 0 Å². The number of rotatable bonds is 5. The molecular formula is C7H16NO2+.